The van der Waals surface area contributed by atoms with E-state index in [0.717, 1.165) is 0 Å². The highest BCUT2D eigenvalue weighted by Gasteiger charge is 2.12. The van der Waals surface area contributed by atoms with Gasteiger partial charge in [0.15, 0.2) is 0 Å². The summed E-state index contributed by atoms with van der Waals surface area (Å²) < 4.78 is 0. The van der Waals surface area contributed by atoms with Gasteiger partial charge in [-0.05, 0) is 43.9 Å². The van der Waals surface area contributed by atoms with Crippen LogP contribution in [0.5, 0.6) is 0 Å². The average Bonchev–Trinajstić information content (AvgIpc) is 2.53. The highest BCUT2D eigenvalue weighted by atomic mass is 14.9. The smallest absolute Gasteiger partial charge is 0.0374 e. The van der Waals surface area contributed by atoms with E-state index in [1.165, 1.54) is 55.3 Å². The molecule has 16 heavy (non-hydrogen) atoms. The molecule has 0 aromatic heterocycles. The monoisotopic (exact) mass is 217 g/mol. The molecular formula is C15H23N. The van der Waals surface area contributed by atoms with Gasteiger partial charge in [-0.1, -0.05) is 37.8 Å². The van der Waals surface area contributed by atoms with Crippen LogP contribution in [0.2, 0.25) is 0 Å². The summed E-state index contributed by atoms with van der Waals surface area (Å²) in [6.45, 7) is 4.40. The van der Waals surface area contributed by atoms with Gasteiger partial charge in [-0.3, -0.25) is 0 Å². The van der Waals surface area contributed by atoms with Crippen molar-refractivity contribution in [1.82, 2.24) is 0 Å². The van der Waals surface area contributed by atoms with Gasteiger partial charge >= 0.3 is 0 Å². The van der Waals surface area contributed by atoms with Crippen LogP contribution in [-0.2, 0) is 0 Å². The van der Waals surface area contributed by atoms with Gasteiger partial charge in [0.25, 0.3) is 0 Å². The molecule has 0 aliphatic heterocycles. The molecule has 0 saturated heterocycles. The van der Waals surface area contributed by atoms with Gasteiger partial charge in [-0.15, -0.1) is 0 Å². The zero-order valence-corrected chi connectivity index (χ0v) is 10.6. The van der Waals surface area contributed by atoms with Crippen molar-refractivity contribution in [1.29, 1.82) is 0 Å². The molecule has 0 heterocycles. The van der Waals surface area contributed by atoms with Crippen molar-refractivity contribution in [2.45, 2.75) is 58.4 Å². The van der Waals surface area contributed by atoms with Gasteiger partial charge in [-0.25, -0.2) is 0 Å². The topological polar surface area (TPSA) is 12.0 Å². The summed E-state index contributed by atoms with van der Waals surface area (Å²) in [7, 11) is 0. The Hall–Kier alpha value is -0.980. The second-order valence-corrected chi connectivity index (χ2v) is 5.08. The molecule has 2 rings (SSSR count). The zero-order valence-electron chi connectivity index (χ0n) is 10.6. The van der Waals surface area contributed by atoms with E-state index < -0.39 is 0 Å². The van der Waals surface area contributed by atoms with Crippen LogP contribution in [0.15, 0.2) is 18.2 Å². The van der Waals surface area contributed by atoms with E-state index >= 15 is 0 Å². The summed E-state index contributed by atoms with van der Waals surface area (Å²) in [5, 5.41) is 3.73. The molecule has 1 nitrogen and oxygen atoms in total. The molecule has 0 amide bonds. The number of anilines is 1. The van der Waals surface area contributed by atoms with Crippen molar-refractivity contribution >= 4 is 5.69 Å². The SMILES string of the molecule is Cc1cccc(NC2CCCCCC2)c1C. The molecule has 1 fully saturated rings. The molecule has 1 saturated carbocycles. The Morgan fingerprint density at radius 3 is 2.38 bits per heavy atom. The fraction of sp³-hybridized carbons (Fsp3) is 0.600. The molecule has 0 spiro atoms. The first-order valence-electron chi connectivity index (χ1n) is 6.60. The third-order valence-electron chi connectivity index (χ3n) is 3.82. The molecular weight excluding hydrogens is 194 g/mol. The fourth-order valence-corrected chi connectivity index (χ4v) is 2.55. The minimum absolute atomic E-state index is 0.697. The van der Waals surface area contributed by atoms with E-state index in [-0.39, 0.29) is 0 Å². The van der Waals surface area contributed by atoms with Crippen LogP contribution in [0, 0.1) is 13.8 Å². The molecule has 1 aliphatic carbocycles. The molecule has 1 heteroatoms. The van der Waals surface area contributed by atoms with Gasteiger partial charge < -0.3 is 5.32 Å². The molecule has 0 bridgehead atoms. The Morgan fingerprint density at radius 2 is 1.69 bits per heavy atom. The lowest BCUT2D eigenvalue weighted by molar-refractivity contribution is 0.619. The minimum atomic E-state index is 0.697. The second kappa shape index (κ2) is 5.38. The Morgan fingerprint density at radius 1 is 1.00 bits per heavy atom. The number of rotatable bonds is 2. The summed E-state index contributed by atoms with van der Waals surface area (Å²) in [5.74, 6) is 0. The van der Waals surface area contributed by atoms with Crippen LogP contribution in [0.1, 0.15) is 49.7 Å². The van der Waals surface area contributed by atoms with Gasteiger partial charge in [0.05, 0.1) is 0 Å². The molecule has 1 N–H and O–H groups in total. The first kappa shape index (κ1) is 11.5. The summed E-state index contributed by atoms with van der Waals surface area (Å²) in [6, 6.07) is 7.25. The van der Waals surface area contributed by atoms with Gasteiger partial charge in [0.1, 0.15) is 0 Å². The largest absolute Gasteiger partial charge is 0.382 e. The minimum Gasteiger partial charge on any atom is -0.382 e. The summed E-state index contributed by atoms with van der Waals surface area (Å²) >= 11 is 0. The maximum Gasteiger partial charge on any atom is 0.0374 e. The number of hydrogen-bond acceptors (Lipinski definition) is 1. The van der Waals surface area contributed by atoms with Crippen LogP contribution < -0.4 is 5.32 Å². The van der Waals surface area contributed by atoms with E-state index in [1.54, 1.807) is 0 Å². The van der Waals surface area contributed by atoms with Gasteiger partial charge in [0.2, 0.25) is 0 Å². The van der Waals surface area contributed by atoms with Gasteiger partial charge in [0, 0.05) is 11.7 Å². The Labute approximate surface area is 99.3 Å². The van der Waals surface area contributed by atoms with E-state index in [9.17, 15) is 0 Å². The van der Waals surface area contributed by atoms with E-state index in [4.69, 9.17) is 0 Å². The molecule has 0 radical (unpaired) electrons. The number of benzene rings is 1. The first-order chi connectivity index (χ1) is 7.77. The summed E-state index contributed by atoms with van der Waals surface area (Å²) in [4.78, 5) is 0. The van der Waals surface area contributed by atoms with Crippen molar-refractivity contribution in [3.05, 3.63) is 29.3 Å². The maximum absolute atomic E-state index is 3.73. The molecule has 1 aliphatic rings. The van der Waals surface area contributed by atoms with Crippen LogP contribution in [0.4, 0.5) is 5.69 Å². The van der Waals surface area contributed by atoms with Crippen LogP contribution in [0.25, 0.3) is 0 Å². The third kappa shape index (κ3) is 2.78. The normalized spacial score (nSPS) is 18.1. The Bertz CT molecular complexity index is 335. The average molecular weight is 217 g/mol. The standard InChI is InChI=1S/C15H23N/c1-12-8-7-11-15(13(12)2)16-14-9-5-3-4-6-10-14/h7-8,11,14,16H,3-6,9-10H2,1-2H3. The van der Waals surface area contributed by atoms with E-state index in [1.807, 2.05) is 0 Å². The third-order valence-corrected chi connectivity index (χ3v) is 3.82. The number of aryl methyl sites for hydroxylation is 1. The van der Waals surface area contributed by atoms with Crippen molar-refractivity contribution in [3.63, 3.8) is 0 Å². The van der Waals surface area contributed by atoms with Crippen LogP contribution in [-0.4, -0.2) is 6.04 Å². The number of hydrogen-bond donors (Lipinski definition) is 1. The van der Waals surface area contributed by atoms with Gasteiger partial charge in [-0.2, -0.15) is 0 Å². The molecule has 1 aromatic carbocycles. The van der Waals surface area contributed by atoms with Crippen molar-refractivity contribution in [2.75, 3.05) is 5.32 Å². The van der Waals surface area contributed by atoms with Crippen molar-refractivity contribution in [2.24, 2.45) is 0 Å². The van der Waals surface area contributed by atoms with E-state index in [2.05, 4.69) is 37.4 Å². The Kier molecular flexibility index (Phi) is 3.87. The summed E-state index contributed by atoms with van der Waals surface area (Å²) in [5.41, 5.74) is 4.14. The predicted octanol–water partition coefficient (Wildman–Crippen LogP) is 4.44. The highest BCUT2D eigenvalue weighted by molar-refractivity contribution is 5.54. The highest BCUT2D eigenvalue weighted by Crippen LogP contribution is 2.24. The first-order valence-corrected chi connectivity index (χ1v) is 6.60. The fourth-order valence-electron chi connectivity index (χ4n) is 2.55. The lowest BCUT2D eigenvalue weighted by Gasteiger charge is -2.20. The predicted molar refractivity (Wildman–Crippen MR) is 71.0 cm³/mol. The molecule has 0 atom stereocenters. The lowest BCUT2D eigenvalue weighted by Crippen LogP contribution is -2.18. The molecule has 1 aromatic rings. The molecule has 88 valence electrons. The Balaban J connectivity index is 2.04. The number of nitrogens with one attached hydrogen (secondary N) is 1. The quantitative estimate of drug-likeness (QED) is 0.722. The van der Waals surface area contributed by atoms with Crippen molar-refractivity contribution in [3.8, 4) is 0 Å². The zero-order chi connectivity index (χ0) is 11.4. The maximum atomic E-state index is 3.73. The van der Waals surface area contributed by atoms with Crippen molar-refractivity contribution < 1.29 is 0 Å². The molecule has 0 unspecified atom stereocenters. The van der Waals surface area contributed by atoms with Crippen LogP contribution in [0.3, 0.4) is 0 Å². The summed E-state index contributed by atoms with van der Waals surface area (Å²) in [6.07, 6.45) is 8.31. The van der Waals surface area contributed by atoms with Crippen LogP contribution >= 0.6 is 0 Å². The lowest BCUT2D eigenvalue weighted by atomic mass is 10.1. The van der Waals surface area contributed by atoms with E-state index in [0.29, 0.717) is 6.04 Å². The second-order valence-electron chi connectivity index (χ2n) is 5.08.